The number of urea groups is 1. The number of rotatable bonds is 14. The fourth-order valence-corrected chi connectivity index (χ4v) is 5.83. The van der Waals surface area contributed by atoms with Gasteiger partial charge in [-0.3, -0.25) is 28.3 Å². The summed E-state index contributed by atoms with van der Waals surface area (Å²) in [5, 5.41) is 31.2. The van der Waals surface area contributed by atoms with Crippen LogP contribution in [-0.4, -0.2) is 115 Å². The number of carbonyl (C=O) groups is 5. The zero-order valence-electron chi connectivity index (χ0n) is 29.4. The van der Waals surface area contributed by atoms with Gasteiger partial charge in [0.05, 0.1) is 18.2 Å². The van der Waals surface area contributed by atoms with E-state index in [1.807, 2.05) is 18.2 Å². The highest BCUT2D eigenvalue weighted by Gasteiger charge is 2.38. The number of carboxylic acid groups (broad SMARTS) is 1. The molecule has 19 nitrogen and oxygen atoms in total. The number of aliphatic hydroxyl groups is 1. The molecule has 2 aromatic heterocycles. The van der Waals surface area contributed by atoms with Crippen LogP contribution in [0.1, 0.15) is 39.0 Å². The molecule has 0 spiro atoms. The lowest BCUT2D eigenvalue weighted by atomic mass is 10.1. The minimum absolute atomic E-state index is 0.0175. The molecule has 1 aliphatic heterocycles. The van der Waals surface area contributed by atoms with Gasteiger partial charge in [0, 0.05) is 62.8 Å². The van der Waals surface area contributed by atoms with Crippen LogP contribution in [0.15, 0.2) is 52.3 Å². The first-order valence-electron chi connectivity index (χ1n) is 16.6. The molecule has 1 aromatic carbocycles. The second-order valence-electron chi connectivity index (χ2n) is 12.9. The van der Waals surface area contributed by atoms with E-state index in [9.17, 15) is 43.8 Å². The first kappa shape index (κ1) is 39.3. The number of nitrogens with zero attached hydrogens (tertiary/aromatic N) is 3. The number of aromatic nitrogens is 3. The van der Waals surface area contributed by atoms with E-state index < -0.39 is 89.6 Å². The molecule has 0 radical (unpaired) electrons. The number of para-hydroxylation sites is 1. The predicted octanol–water partition coefficient (Wildman–Crippen LogP) is -2.14. The van der Waals surface area contributed by atoms with Crippen LogP contribution in [0.4, 0.5) is 4.79 Å². The molecule has 4 rings (SSSR count). The van der Waals surface area contributed by atoms with E-state index in [0.29, 0.717) is 5.56 Å². The predicted molar refractivity (Wildman–Crippen MR) is 186 cm³/mol. The molecule has 282 valence electrons. The van der Waals surface area contributed by atoms with Crippen LogP contribution < -0.4 is 38.2 Å². The zero-order chi connectivity index (χ0) is 38.4. The number of aliphatic hydroxyl groups excluding tert-OH is 1. The summed E-state index contributed by atoms with van der Waals surface area (Å²) in [6.45, 7) is 4.13. The van der Waals surface area contributed by atoms with Crippen LogP contribution >= 0.6 is 0 Å². The van der Waals surface area contributed by atoms with Crippen LogP contribution in [0.5, 0.6) is 0 Å². The smallest absolute Gasteiger partial charge is 0.332 e. The molecule has 5 amide bonds. The Morgan fingerprint density at radius 2 is 1.75 bits per heavy atom. The number of nitrogens with one attached hydrogen (secondary N) is 5. The highest BCUT2D eigenvalue weighted by Crippen LogP contribution is 2.27. The van der Waals surface area contributed by atoms with Gasteiger partial charge >= 0.3 is 17.7 Å². The van der Waals surface area contributed by atoms with E-state index in [4.69, 9.17) is 10.5 Å². The average Bonchev–Trinajstić information content (AvgIpc) is 3.69. The van der Waals surface area contributed by atoms with Crippen molar-refractivity contribution >= 4 is 40.6 Å². The van der Waals surface area contributed by atoms with Crippen molar-refractivity contribution in [1.29, 1.82) is 0 Å². The zero-order valence-corrected chi connectivity index (χ0v) is 29.4. The van der Waals surface area contributed by atoms with E-state index in [2.05, 4.69) is 26.3 Å². The fourth-order valence-electron chi connectivity index (χ4n) is 5.83. The van der Waals surface area contributed by atoms with Crippen LogP contribution in [0, 0.1) is 0 Å². The van der Waals surface area contributed by atoms with E-state index in [-0.39, 0.29) is 19.4 Å². The number of fused-ring (bicyclic) bond motifs is 1. The Balaban J connectivity index is 1.41. The van der Waals surface area contributed by atoms with Crippen molar-refractivity contribution in [3.05, 3.63) is 69.1 Å². The maximum absolute atomic E-state index is 13.6. The van der Waals surface area contributed by atoms with Gasteiger partial charge in [-0.25, -0.2) is 14.4 Å². The molecule has 52 heavy (non-hydrogen) atoms. The summed E-state index contributed by atoms with van der Waals surface area (Å²) in [5.74, 6) is -3.38. The highest BCUT2D eigenvalue weighted by atomic mass is 16.5. The SMILES string of the molecule is C[C@H](NC(=O)N[C@@H](Cc1c[nH]c2ccccc12)C(=O)O)C(=O)N[C@H](C(=O)NC[C@H]1C[C@@H](O)[C@H](n2ccc(=O)n(C)c2=O)O1)[C@H](C)N(C)C(=O)[C@@H](C)N. The molecule has 1 fully saturated rings. The standard InChI is InChI=1S/C33H45N9O10/c1-16(34)29(47)40(4)18(3)26(28(46)36-15-20-13-24(43)30(52-20)42-11-10-25(44)41(5)33(42)51)39-27(45)17(2)37-32(50)38-23(31(48)49)12-19-14-35-22-9-7-6-8-21(19)22/h6-11,14,16-18,20,23-24,26,30,35,43H,12-13,15,34H2,1-5H3,(H,36,46)(H,39,45)(H,48,49)(H2,37,38,50)/t16-,17+,18+,20-,23+,24-,26+,30-/m1/s1. The minimum Gasteiger partial charge on any atom is -0.480 e. The molecule has 0 unspecified atom stereocenters. The van der Waals surface area contributed by atoms with Crippen molar-refractivity contribution in [1.82, 2.24) is 40.3 Å². The van der Waals surface area contributed by atoms with Crippen LogP contribution in [-0.2, 0) is 37.4 Å². The number of aromatic amines is 1. The Kier molecular flexibility index (Phi) is 12.6. The molecule has 0 saturated carbocycles. The number of nitrogens with two attached hydrogens (primary N) is 1. The summed E-state index contributed by atoms with van der Waals surface area (Å²) in [5.41, 5.74) is 5.99. The van der Waals surface area contributed by atoms with E-state index >= 15 is 0 Å². The number of H-pyrrole nitrogens is 1. The number of likely N-dealkylation sites (N-methyl/N-ethyl adjacent to an activating group) is 1. The third-order valence-electron chi connectivity index (χ3n) is 9.01. The number of amides is 5. The van der Waals surface area contributed by atoms with Gasteiger partial charge in [0.25, 0.3) is 5.56 Å². The fraction of sp³-hybridized carbons (Fsp3) is 0.485. The highest BCUT2D eigenvalue weighted by molar-refractivity contribution is 5.93. The van der Waals surface area contributed by atoms with E-state index in [1.54, 1.807) is 12.3 Å². The van der Waals surface area contributed by atoms with Crippen molar-refractivity contribution in [3.8, 4) is 0 Å². The first-order valence-corrected chi connectivity index (χ1v) is 16.6. The molecule has 1 aliphatic rings. The monoisotopic (exact) mass is 727 g/mol. The molecule has 8 atom stereocenters. The van der Waals surface area contributed by atoms with Gasteiger partial charge in [-0.05, 0) is 32.4 Å². The number of hydrogen-bond donors (Lipinski definition) is 8. The summed E-state index contributed by atoms with van der Waals surface area (Å²) in [6, 6.07) is 1.61. The molecule has 3 aromatic rings. The Morgan fingerprint density at radius 3 is 2.42 bits per heavy atom. The Hall–Kier alpha value is -5.53. The Labute approximate surface area is 297 Å². The summed E-state index contributed by atoms with van der Waals surface area (Å²) in [7, 11) is 2.69. The van der Waals surface area contributed by atoms with Gasteiger partial charge < -0.3 is 51.8 Å². The lowest BCUT2D eigenvalue weighted by Gasteiger charge is -2.33. The summed E-state index contributed by atoms with van der Waals surface area (Å²) in [6.07, 6.45) is -0.225. The van der Waals surface area contributed by atoms with Crippen molar-refractivity contribution < 1.29 is 38.9 Å². The van der Waals surface area contributed by atoms with Crippen molar-refractivity contribution in [2.45, 2.75) is 82.3 Å². The normalized spacial score (nSPS) is 19.9. The molecule has 3 heterocycles. The molecular weight excluding hydrogens is 682 g/mol. The van der Waals surface area contributed by atoms with Gasteiger partial charge in [-0.15, -0.1) is 0 Å². The van der Waals surface area contributed by atoms with Crippen molar-refractivity contribution in [2.75, 3.05) is 13.6 Å². The second kappa shape index (κ2) is 16.7. The lowest BCUT2D eigenvalue weighted by Crippen LogP contribution is -2.62. The van der Waals surface area contributed by atoms with Crippen molar-refractivity contribution in [2.24, 2.45) is 12.8 Å². The summed E-state index contributed by atoms with van der Waals surface area (Å²) >= 11 is 0. The van der Waals surface area contributed by atoms with Gasteiger partial charge in [0.15, 0.2) is 6.23 Å². The third-order valence-corrected chi connectivity index (χ3v) is 9.01. The third kappa shape index (κ3) is 9.03. The number of ether oxygens (including phenoxy) is 1. The number of carbonyl (C=O) groups excluding carboxylic acids is 4. The van der Waals surface area contributed by atoms with Gasteiger partial charge in [-0.2, -0.15) is 0 Å². The van der Waals surface area contributed by atoms with Crippen LogP contribution in [0.25, 0.3) is 10.9 Å². The summed E-state index contributed by atoms with van der Waals surface area (Å²) in [4.78, 5) is 93.1. The number of benzene rings is 1. The molecule has 9 N–H and O–H groups in total. The average molecular weight is 728 g/mol. The van der Waals surface area contributed by atoms with E-state index in [1.165, 1.54) is 46.0 Å². The number of carboxylic acids is 1. The molecule has 0 aliphatic carbocycles. The maximum Gasteiger partial charge on any atom is 0.332 e. The van der Waals surface area contributed by atoms with Gasteiger partial charge in [0.1, 0.15) is 24.2 Å². The number of hydrogen-bond acceptors (Lipinski definition) is 10. The Morgan fingerprint density at radius 1 is 1.06 bits per heavy atom. The van der Waals surface area contributed by atoms with Crippen LogP contribution in [0.3, 0.4) is 0 Å². The van der Waals surface area contributed by atoms with Gasteiger partial charge in [0.2, 0.25) is 17.7 Å². The number of aliphatic carboxylic acids is 1. The van der Waals surface area contributed by atoms with Gasteiger partial charge in [-0.1, -0.05) is 18.2 Å². The largest absolute Gasteiger partial charge is 0.480 e. The molecule has 19 heteroatoms. The van der Waals surface area contributed by atoms with Crippen LogP contribution in [0.2, 0.25) is 0 Å². The molecule has 0 bridgehead atoms. The minimum atomic E-state index is -1.38. The topological polar surface area (TPSA) is 272 Å². The quantitative estimate of drug-likeness (QED) is 0.0887. The Bertz CT molecular complexity index is 1920. The lowest BCUT2D eigenvalue weighted by molar-refractivity contribution is -0.139. The summed E-state index contributed by atoms with van der Waals surface area (Å²) < 4.78 is 7.75. The molecular formula is C33H45N9O10. The van der Waals surface area contributed by atoms with Crippen molar-refractivity contribution in [3.63, 3.8) is 0 Å². The maximum atomic E-state index is 13.6. The molecule has 1 saturated heterocycles. The second-order valence-corrected chi connectivity index (χ2v) is 12.9. The van der Waals surface area contributed by atoms with E-state index in [0.717, 1.165) is 26.1 Å². The first-order chi connectivity index (χ1) is 24.5.